The Morgan fingerprint density at radius 2 is 1.51 bits per heavy atom. The summed E-state index contributed by atoms with van der Waals surface area (Å²) in [5.41, 5.74) is 1.68. The van der Waals surface area contributed by atoms with E-state index in [0.29, 0.717) is 80.9 Å². The topological polar surface area (TPSA) is 293 Å². The number of rotatable bonds is 21. The van der Waals surface area contributed by atoms with Gasteiger partial charge in [0, 0.05) is 59.1 Å². The number of fused-ring (bicyclic) bond motifs is 5. The predicted molar refractivity (Wildman–Crippen MR) is 286 cm³/mol. The first-order valence-electron chi connectivity index (χ1n) is 26.2. The van der Waals surface area contributed by atoms with Crippen molar-refractivity contribution in [1.29, 1.82) is 0 Å². The Balaban J connectivity index is 0.861. The number of hydrogen-bond donors (Lipinski definition) is 7. The van der Waals surface area contributed by atoms with Gasteiger partial charge < -0.3 is 46.3 Å². The van der Waals surface area contributed by atoms with Gasteiger partial charge in [0.1, 0.15) is 24.5 Å². The lowest BCUT2D eigenvalue weighted by Crippen LogP contribution is -2.53. The number of nitrogens with one attached hydrogen (secondary N) is 6. The number of aryl methyl sites for hydroxylation is 1. The largest absolute Gasteiger partial charge is 0.458 e. The van der Waals surface area contributed by atoms with Gasteiger partial charge in [0.15, 0.2) is 5.60 Å². The number of aromatic nitrogens is 2. The molecular weight excluding hydrogens is 1060 g/mol. The average molecular weight is 1110 g/mol. The van der Waals surface area contributed by atoms with E-state index in [9.17, 15) is 53.1 Å². The van der Waals surface area contributed by atoms with Gasteiger partial charge in [-0.05, 0) is 85.0 Å². The molecule has 0 radical (unpaired) electrons. The van der Waals surface area contributed by atoms with Crippen LogP contribution in [0.15, 0.2) is 83.7 Å². The molecule has 416 valence electrons. The molecule has 21 nitrogen and oxygen atoms in total. The lowest BCUT2D eigenvalue weighted by atomic mass is 9.81. The molecule has 1 aliphatic carbocycles. The molecule has 5 heterocycles. The van der Waals surface area contributed by atoms with Crippen molar-refractivity contribution < 1.29 is 57.4 Å². The Labute approximate surface area is 462 Å². The molecule has 7 N–H and O–H groups in total. The van der Waals surface area contributed by atoms with Crippen molar-refractivity contribution in [3.8, 4) is 11.4 Å². The molecule has 0 fully saturated rings. The molecule has 4 aliphatic rings. The number of cyclic esters (lactones) is 1. The Bertz CT molecular complexity index is 3460. The molecule has 23 heteroatoms. The van der Waals surface area contributed by atoms with Crippen molar-refractivity contribution in [3.63, 3.8) is 0 Å². The van der Waals surface area contributed by atoms with E-state index >= 15 is 4.39 Å². The van der Waals surface area contributed by atoms with Gasteiger partial charge >= 0.3 is 5.97 Å². The number of hydrogen-bond acceptors (Lipinski definition) is 13. The van der Waals surface area contributed by atoms with Crippen molar-refractivity contribution in [2.24, 2.45) is 0 Å². The zero-order chi connectivity index (χ0) is 57.0. The molecule has 0 saturated heterocycles. The summed E-state index contributed by atoms with van der Waals surface area (Å²) < 4.78 is 22.4. The van der Waals surface area contributed by atoms with Crippen LogP contribution in [0.4, 0.5) is 4.39 Å². The summed E-state index contributed by atoms with van der Waals surface area (Å²) in [4.78, 5) is 137. The van der Waals surface area contributed by atoms with Crippen LogP contribution in [0.1, 0.15) is 102 Å². The third-order valence-corrected chi connectivity index (χ3v) is 15.2. The molecule has 2 unspecified atom stereocenters. The zero-order valence-electron chi connectivity index (χ0n) is 43.7. The van der Waals surface area contributed by atoms with E-state index in [1.165, 1.54) is 34.9 Å². The summed E-state index contributed by atoms with van der Waals surface area (Å²) in [6.45, 7) is 1.50. The van der Waals surface area contributed by atoms with Gasteiger partial charge in [-0.3, -0.25) is 48.1 Å². The standard InChI is InChI=1S/C57H57ClFN9O12/c1-3-57(79)37-23-42-52-35(28-68(42)55(77)36(37)29-80-56(57)78)50-39(18-17-34-30(2)38(59)24-40(64-52)49(34)50)65-54(76)51(32-13-15-33(58)16-14-32)66-46(72)27-62-53(75)41(22-31-10-6-4-7-11-31)63-45(71)26-61-44(70)25-60-43(69)12-8-5-9-21-67-47(73)19-20-48(67)74/h4,6-7,10-11,13-16,19-20,23-24,39,41,51,79H,3,5,8-9,12,17-18,21-22,25-29H2,1-2H3,(H,60,69)(H,61,70)(H,62,75)(H,63,71)(H,65,76)(H,66,72)/t39-,41?,51?,57-/m1/s1. The number of unbranched alkanes of at least 4 members (excludes halogenated alkanes) is 2. The number of carbonyl (C=O) groups excluding carboxylic acids is 9. The molecular formula is C57H57ClFN9O12. The molecule has 4 atom stereocenters. The summed E-state index contributed by atoms with van der Waals surface area (Å²) in [6, 6.07) is 14.4. The van der Waals surface area contributed by atoms with Gasteiger partial charge in [-0.1, -0.05) is 67.4 Å². The van der Waals surface area contributed by atoms with Crippen LogP contribution >= 0.6 is 11.6 Å². The number of halogens is 2. The highest BCUT2D eigenvalue weighted by atomic mass is 35.5. The first kappa shape index (κ1) is 56.1. The Morgan fingerprint density at radius 3 is 2.24 bits per heavy atom. The Morgan fingerprint density at radius 1 is 0.825 bits per heavy atom. The first-order chi connectivity index (χ1) is 38.3. The molecule has 0 saturated carbocycles. The van der Waals surface area contributed by atoms with Crippen LogP contribution in [0.3, 0.4) is 0 Å². The molecule has 3 aliphatic heterocycles. The second-order valence-corrected chi connectivity index (χ2v) is 20.5. The summed E-state index contributed by atoms with van der Waals surface area (Å²) in [5.74, 6) is -6.20. The molecule has 2 aromatic heterocycles. The van der Waals surface area contributed by atoms with Gasteiger partial charge in [0.25, 0.3) is 17.4 Å². The SMILES string of the molecule is CC[C@]1(O)C(=O)OCc2c1cc1n(c2=O)Cc2c-1nc1cc(F)c(C)c3c1c2[C@H](NC(=O)C(NC(=O)CNC(=O)C(Cc1ccccc1)NC(=O)CNC(=O)CNC(=O)CCCCCN1C(=O)C=CC1=O)c1ccc(Cl)cc1)CC3. The summed E-state index contributed by atoms with van der Waals surface area (Å²) in [6.07, 6.45) is 4.52. The normalized spacial score (nSPS) is 17.4. The number of esters is 1. The highest BCUT2D eigenvalue weighted by molar-refractivity contribution is 6.30. The number of ether oxygens (including phenoxy) is 1. The van der Waals surface area contributed by atoms with E-state index in [4.69, 9.17) is 21.3 Å². The monoisotopic (exact) mass is 1110 g/mol. The van der Waals surface area contributed by atoms with Gasteiger partial charge in [0.05, 0.1) is 54.7 Å². The van der Waals surface area contributed by atoms with Crippen molar-refractivity contribution >= 4 is 75.7 Å². The highest BCUT2D eigenvalue weighted by Gasteiger charge is 2.46. The predicted octanol–water partition coefficient (Wildman–Crippen LogP) is 2.70. The summed E-state index contributed by atoms with van der Waals surface area (Å²) in [5, 5.41) is 28.3. The van der Waals surface area contributed by atoms with Crippen molar-refractivity contribution in [2.45, 2.75) is 102 Å². The fourth-order valence-corrected chi connectivity index (χ4v) is 10.7. The number of amides is 8. The van der Waals surface area contributed by atoms with Crippen LogP contribution in [0.25, 0.3) is 22.3 Å². The second-order valence-electron chi connectivity index (χ2n) is 20.0. The van der Waals surface area contributed by atoms with Gasteiger partial charge in [-0.2, -0.15) is 0 Å². The molecule has 3 aromatic carbocycles. The van der Waals surface area contributed by atoms with Gasteiger partial charge in [0.2, 0.25) is 35.4 Å². The van der Waals surface area contributed by atoms with Crippen LogP contribution in [0.5, 0.6) is 0 Å². The molecule has 0 bridgehead atoms. The zero-order valence-corrected chi connectivity index (χ0v) is 44.4. The number of pyridine rings is 2. The minimum absolute atomic E-state index is 0.00860. The van der Waals surface area contributed by atoms with E-state index in [0.717, 1.165) is 4.90 Å². The van der Waals surface area contributed by atoms with Crippen molar-refractivity contribution in [1.82, 2.24) is 46.4 Å². The summed E-state index contributed by atoms with van der Waals surface area (Å²) in [7, 11) is 0. The minimum Gasteiger partial charge on any atom is -0.458 e. The smallest absolute Gasteiger partial charge is 0.343 e. The van der Waals surface area contributed by atoms with Crippen LogP contribution in [-0.4, -0.2) is 105 Å². The fraction of sp³-hybridized carbons (Fsp3) is 0.351. The molecule has 0 spiro atoms. The Hall–Kier alpha value is -8.63. The molecule has 80 heavy (non-hydrogen) atoms. The van der Waals surface area contributed by atoms with Crippen LogP contribution in [-0.2, 0) is 79.5 Å². The summed E-state index contributed by atoms with van der Waals surface area (Å²) >= 11 is 6.25. The second kappa shape index (κ2) is 23.8. The number of carbonyl (C=O) groups is 9. The third-order valence-electron chi connectivity index (χ3n) is 14.9. The van der Waals surface area contributed by atoms with Crippen LogP contribution < -0.4 is 37.5 Å². The van der Waals surface area contributed by atoms with Gasteiger partial charge in [-0.15, -0.1) is 0 Å². The molecule has 5 aromatic rings. The average Bonchev–Trinajstić information content (AvgIpc) is 4.14. The lowest BCUT2D eigenvalue weighted by Gasteiger charge is -2.31. The van der Waals surface area contributed by atoms with Crippen LogP contribution in [0.2, 0.25) is 5.02 Å². The molecule has 8 amide bonds. The number of nitrogens with zero attached hydrogens (tertiary/aromatic N) is 3. The Kier molecular flexibility index (Phi) is 16.7. The molecule has 9 rings (SSSR count). The minimum atomic E-state index is -2.09. The van der Waals surface area contributed by atoms with Crippen molar-refractivity contribution in [2.75, 3.05) is 26.2 Å². The van der Waals surface area contributed by atoms with E-state index in [1.807, 2.05) is 0 Å². The number of aliphatic hydroxyl groups is 1. The third kappa shape index (κ3) is 11.7. The maximum absolute atomic E-state index is 15.6. The van der Waals surface area contributed by atoms with E-state index in [1.54, 1.807) is 62.4 Å². The maximum atomic E-state index is 15.6. The highest BCUT2D eigenvalue weighted by Crippen LogP contribution is 2.46. The number of imide groups is 1. The van der Waals surface area contributed by atoms with Crippen molar-refractivity contribution in [3.05, 3.63) is 145 Å². The lowest BCUT2D eigenvalue weighted by molar-refractivity contribution is -0.172. The number of benzene rings is 3. The van der Waals surface area contributed by atoms with E-state index < -0.39 is 96.1 Å². The fourth-order valence-electron chi connectivity index (χ4n) is 10.6. The van der Waals surface area contributed by atoms with E-state index in [2.05, 4.69) is 31.9 Å². The quantitative estimate of drug-likeness (QED) is 0.0311. The van der Waals surface area contributed by atoms with Crippen LogP contribution in [0, 0.1) is 12.7 Å². The first-order valence-corrected chi connectivity index (χ1v) is 26.6. The van der Waals surface area contributed by atoms with Gasteiger partial charge in [-0.25, -0.2) is 14.2 Å². The maximum Gasteiger partial charge on any atom is 0.343 e. The van der Waals surface area contributed by atoms with E-state index in [-0.39, 0.29) is 73.8 Å².